The fraction of sp³-hybridized carbons (Fsp3) is 0.280. The molecule has 0 radical (unpaired) electrons. The smallest absolute Gasteiger partial charge is 0.227 e. The number of ether oxygens (including phenoxy) is 2. The van der Waals surface area contributed by atoms with Crippen molar-refractivity contribution in [2.45, 2.75) is 6.42 Å². The van der Waals surface area contributed by atoms with Crippen molar-refractivity contribution in [3.63, 3.8) is 0 Å². The molecule has 0 spiro atoms. The van der Waals surface area contributed by atoms with E-state index in [1.165, 1.54) is 0 Å². The van der Waals surface area contributed by atoms with Crippen molar-refractivity contribution in [1.29, 1.82) is 0 Å². The number of carbonyl (C=O) groups excluding carboxylic acids is 1. The Kier molecular flexibility index (Phi) is 6.09. The standard InChI is InChI=1S/C25H27N7O3/c1-34-18-9-8-17(15-19(18)35-2)22-27-21-23(28-22)29-25(26)30-24(21)32-12-10-31(11-13-32)20(33)14-16-6-4-3-5-7-16/h3-9,15H,10-14H2,1-2H3,(H3,26,27,28,29,30). The number of imidazole rings is 1. The van der Waals surface area contributed by atoms with Crippen molar-refractivity contribution in [3.8, 4) is 22.9 Å². The van der Waals surface area contributed by atoms with E-state index in [4.69, 9.17) is 15.2 Å². The molecule has 0 unspecified atom stereocenters. The molecule has 2 aromatic heterocycles. The highest BCUT2D eigenvalue weighted by Gasteiger charge is 2.25. The number of H-pyrrole nitrogens is 1. The zero-order chi connectivity index (χ0) is 24.4. The van der Waals surface area contributed by atoms with Gasteiger partial charge in [-0.15, -0.1) is 0 Å². The summed E-state index contributed by atoms with van der Waals surface area (Å²) in [7, 11) is 3.19. The molecule has 2 aromatic carbocycles. The second-order valence-electron chi connectivity index (χ2n) is 8.29. The van der Waals surface area contributed by atoms with Crippen molar-refractivity contribution in [1.82, 2.24) is 24.8 Å². The van der Waals surface area contributed by atoms with Crippen LogP contribution in [0.2, 0.25) is 0 Å². The summed E-state index contributed by atoms with van der Waals surface area (Å²) in [4.78, 5) is 33.6. The molecule has 1 aliphatic rings. The number of nitrogens with two attached hydrogens (primary N) is 1. The molecule has 10 nitrogen and oxygen atoms in total. The zero-order valence-corrected chi connectivity index (χ0v) is 19.7. The van der Waals surface area contributed by atoms with Crippen molar-refractivity contribution >= 4 is 28.8 Å². The predicted molar refractivity (Wildman–Crippen MR) is 134 cm³/mol. The molecule has 180 valence electrons. The number of hydrogen-bond acceptors (Lipinski definition) is 8. The Morgan fingerprint density at radius 1 is 0.971 bits per heavy atom. The van der Waals surface area contributed by atoms with Crippen LogP contribution in [0.15, 0.2) is 48.5 Å². The first kappa shape index (κ1) is 22.5. The van der Waals surface area contributed by atoms with E-state index in [0.29, 0.717) is 66.9 Å². The van der Waals surface area contributed by atoms with Gasteiger partial charge in [0.1, 0.15) is 11.3 Å². The van der Waals surface area contributed by atoms with E-state index < -0.39 is 0 Å². The number of aromatic nitrogens is 4. The molecular formula is C25H27N7O3. The van der Waals surface area contributed by atoms with Crippen LogP contribution in [0.25, 0.3) is 22.6 Å². The van der Waals surface area contributed by atoms with Gasteiger partial charge < -0.3 is 30.0 Å². The largest absolute Gasteiger partial charge is 0.493 e. The van der Waals surface area contributed by atoms with Gasteiger partial charge in [0, 0.05) is 31.7 Å². The fourth-order valence-corrected chi connectivity index (χ4v) is 4.30. The SMILES string of the molecule is COc1ccc(-c2nc3nc(N)nc(N4CCN(C(=O)Cc5ccccc5)CC4)c3[nH]2)cc1OC. The lowest BCUT2D eigenvalue weighted by Crippen LogP contribution is -2.49. The third-order valence-electron chi connectivity index (χ3n) is 6.14. The first-order chi connectivity index (χ1) is 17.1. The van der Waals surface area contributed by atoms with Crippen LogP contribution >= 0.6 is 0 Å². The minimum absolute atomic E-state index is 0.125. The molecule has 1 amide bonds. The first-order valence-electron chi connectivity index (χ1n) is 11.4. The van der Waals surface area contributed by atoms with Gasteiger partial charge in [0.25, 0.3) is 0 Å². The predicted octanol–water partition coefficient (Wildman–Crippen LogP) is 2.51. The number of fused-ring (bicyclic) bond motifs is 1. The maximum absolute atomic E-state index is 12.8. The van der Waals surface area contributed by atoms with E-state index in [1.54, 1.807) is 14.2 Å². The summed E-state index contributed by atoms with van der Waals surface area (Å²) in [6.07, 6.45) is 0.404. The molecule has 0 aliphatic carbocycles. The monoisotopic (exact) mass is 473 g/mol. The van der Waals surface area contributed by atoms with Gasteiger partial charge in [-0.05, 0) is 23.8 Å². The Morgan fingerprint density at radius 3 is 2.43 bits per heavy atom. The van der Waals surface area contributed by atoms with Gasteiger partial charge in [-0.2, -0.15) is 9.97 Å². The van der Waals surface area contributed by atoms with Crippen LogP contribution in [0.4, 0.5) is 11.8 Å². The van der Waals surface area contributed by atoms with Gasteiger partial charge in [0.15, 0.2) is 23.0 Å². The van der Waals surface area contributed by atoms with Crippen molar-refractivity contribution in [2.75, 3.05) is 51.0 Å². The first-order valence-corrected chi connectivity index (χ1v) is 11.4. The number of nitrogens with zero attached hydrogens (tertiary/aromatic N) is 5. The number of nitrogen functional groups attached to an aromatic ring is 1. The Labute approximate surface area is 202 Å². The van der Waals surface area contributed by atoms with E-state index in [2.05, 4.69) is 24.8 Å². The Bertz CT molecular complexity index is 1350. The lowest BCUT2D eigenvalue weighted by atomic mass is 10.1. The molecule has 0 bridgehead atoms. The molecule has 4 aromatic rings. The topological polar surface area (TPSA) is 122 Å². The van der Waals surface area contributed by atoms with Crippen LogP contribution in [-0.4, -0.2) is 71.1 Å². The van der Waals surface area contributed by atoms with E-state index >= 15 is 0 Å². The van der Waals surface area contributed by atoms with E-state index in [9.17, 15) is 4.79 Å². The average molecular weight is 474 g/mol. The number of rotatable bonds is 6. The van der Waals surface area contributed by atoms with Gasteiger partial charge in [0.05, 0.1) is 20.6 Å². The number of aromatic amines is 1. The van der Waals surface area contributed by atoms with Crippen LogP contribution in [0.5, 0.6) is 11.5 Å². The number of methoxy groups -OCH3 is 2. The highest BCUT2D eigenvalue weighted by atomic mass is 16.5. The summed E-state index contributed by atoms with van der Waals surface area (Å²) in [5.41, 5.74) is 9.05. The maximum Gasteiger partial charge on any atom is 0.227 e. The molecule has 0 saturated carbocycles. The Balaban J connectivity index is 1.36. The average Bonchev–Trinajstić information content (AvgIpc) is 3.32. The highest BCUT2D eigenvalue weighted by Crippen LogP contribution is 2.33. The van der Waals surface area contributed by atoms with Crippen molar-refractivity contribution < 1.29 is 14.3 Å². The lowest BCUT2D eigenvalue weighted by molar-refractivity contribution is -0.130. The normalized spacial score (nSPS) is 13.8. The molecule has 5 rings (SSSR count). The van der Waals surface area contributed by atoms with Gasteiger partial charge in [-0.25, -0.2) is 4.98 Å². The van der Waals surface area contributed by atoms with Crippen LogP contribution in [0.1, 0.15) is 5.56 Å². The Morgan fingerprint density at radius 2 is 1.71 bits per heavy atom. The summed E-state index contributed by atoms with van der Waals surface area (Å²) >= 11 is 0. The number of nitrogens with one attached hydrogen (secondary N) is 1. The number of benzene rings is 2. The van der Waals surface area contributed by atoms with Crippen LogP contribution in [0.3, 0.4) is 0 Å². The summed E-state index contributed by atoms with van der Waals surface area (Å²) < 4.78 is 10.8. The number of piperazine rings is 1. The third kappa shape index (κ3) is 4.54. The molecule has 1 aliphatic heterocycles. The van der Waals surface area contributed by atoms with Crippen LogP contribution in [-0.2, 0) is 11.2 Å². The molecule has 0 atom stereocenters. The minimum Gasteiger partial charge on any atom is -0.493 e. The minimum atomic E-state index is 0.125. The second kappa shape index (κ2) is 9.49. The van der Waals surface area contributed by atoms with Crippen molar-refractivity contribution in [2.24, 2.45) is 0 Å². The second-order valence-corrected chi connectivity index (χ2v) is 8.29. The molecule has 1 fully saturated rings. The number of anilines is 2. The molecule has 3 N–H and O–H groups in total. The van der Waals surface area contributed by atoms with Crippen LogP contribution < -0.4 is 20.1 Å². The van der Waals surface area contributed by atoms with Crippen molar-refractivity contribution in [3.05, 3.63) is 54.1 Å². The van der Waals surface area contributed by atoms with Gasteiger partial charge in [-0.3, -0.25) is 4.79 Å². The summed E-state index contributed by atoms with van der Waals surface area (Å²) in [6, 6.07) is 15.4. The molecule has 3 heterocycles. The molecule has 35 heavy (non-hydrogen) atoms. The lowest BCUT2D eigenvalue weighted by Gasteiger charge is -2.35. The molecule has 10 heteroatoms. The van der Waals surface area contributed by atoms with Gasteiger partial charge in [-0.1, -0.05) is 30.3 Å². The number of carbonyl (C=O) groups is 1. The number of amides is 1. The Hall–Kier alpha value is -4.34. The van der Waals surface area contributed by atoms with Crippen LogP contribution in [0, 0.1) is 0 Å². The zero-order valence-electron chi connectivity index (χ0n) is 19.7. The number of hydrogen-bond donors (Lipinski definition) is 2. The van der Waals surface area contributed by atoms with E-state index in [-0.39, 0.29) is 11.9 Å². The molecular weight excluding hydrogens is 446 g/mol. The summed E-state index contributed by atoms with van der Waals surface area (Å²) in [5.74, 6) is 2.82. The third-order valence-corrected chi connectivity index (χ3v) is 6.14. The van der Waals surface area contributed by atoms with Gasteiger partial charge in [0.2, 0.25) is 11.9 Å². The quantitative estimate of drug-likeness (QED) is 0.438. The maximum atomic E-state index is 12.8. The van der Waals surface area contributed by atoms with E-state index in [1.807, 2.05) is 53.4 Å². The van der Waals surface area contributed by atoms with Gasteiger partial charge >= 0.3 is 0 Å². The fourth-order valence-electron chi connectivity index (χ4n) is 4.30. The molecule has 1 saturated heterocycles. The van der Waals surface area contributed by atoms with E-state index in [0.717, 1.165) is 11.1 Å². The summed E-state index contributed by atoms with van der Waals surface area (Å²) in [5, 5.41) is 0. The highest BCUT2D eigenvalue weighted by molar-refractivity contribution is 5.87. The summed E-state index contributed by atoms with van der Waals surface area (Å²) in [6.45, 7) is 2.48.